The van der Waals surface area contributed by atoms with Gasteiger partial charge < -0.3 is 14.2 Å². The summed E-state index contributed by atoms with van der Waals surface area (Å²) < 4.78 is 10.5. The summed E-state index contributed by atoms with van der Waals surface area (Å²) in [5.74, 6) is 0. The van der Waals surface area contributed by atoms with E-state index in [4.69, 9.17) is 8.83 Å². The Morgan fingerprint density at radius 1 is 1.19 bits per heavy atom. The average molecular weight is 214 g/mol. The summed E-state index contributed by atoms with van der Waals surface area (Å²) in [7, 11) is 0. The number of nitrogens with one attached hydrogen (secondary N) is 1. The molecule has 0 aliphatic heterocycles. The van der Waals surface area contributed by atoms with Gasteiger partial charge >= 0.3 is 0 Å². The van der Waals surface area contributed by atoms with Crippen molar-refractivity contribution in [2.45, 2.75) is 6.54 Å². The van der Waals surface area contributed by atoms with E-state index >= 15 is 0 Å². The highest BCUT2D eigenvalue weighted by atomic mass is 16.4. The van der Waals surface area contributed by atoms with Crippen LogP contribution in [0.5, 0.6) is 0 Å². The molecular formula is C12H10N2O2. The molecule has 0 bridgehead atoms. The van der Waals surface area contributed by atoms with Crippen LogP contribution in [-0.2, 0) is 6.54 Å². The minimum Gasteiger partial charge on any atom is -0.472 e. The number of oxazole rings is 1. The van der Waals surface area contributed by atoms with Gasteiger partial charge in [0.15, 0.2) is 5.58 Å². The van der Waals surface area contributed by atoms with Crippen LogP contribution in [0.3, 0.4) is 0 Å². The van der Waals surface area contributed by atoms with Gasteiger partial charge in [-0.1, -0.05) is 12.1 Å². The smallest absolute Gasteiger partial charge is 0.295 e. The van der Waals surface area contributed by atoms with E-state index in [2.05, 4.69) is 10.3 Å². The first-order chi connectivity index (χ1) is 7.92. The highest BCUT2D eigenvalue weighted by molar-refractivity contribution is 5.74. The molecule has 4 nitrogen and oxygen atoms in total. The van der Waals surface area contributed by atoms with Crippen molar-refractivity contribution in [1.29, 1.82) is 0 Å². The molecule has 2 heterocycles. The second kappa shape index (κ2) is 3.73. The second-order valence-corrected chi connectivity index (χ2v) is 3.47. The Bertz CT molecular complexity index is 551. The Hall–Kier alpha value is -2.23. The molecule has 0 saturated carbocycles. The number of hydrogen-bond donors (Lipinski definition) is 1. The Labute approximate surface area is 91.9 Å². The molecule has 0 unspecified atom stereocenters. The van der Waals surface area contributed by atoms with E-state index in [1.54, 1.807) is 12.5 Å². The van der Waals surface area contributed by atoms with Gasteiger partial charge in [0.05, 0.1) is 12.5 Å². The molecule has 3 rings (SSSR count). The summed E-state index contributed by atoms with van der Waals surface area (Å²) in [5, 5.41) is 3.10. The molecule has 0 aliphatic carbocycles. The van der Waals surface area contributed by atoms with E-state index in [9.17, 15) is 0 Å². The predicted octanol–water partition coefficient (Wildman–Crippen LogP) is 3.03. The summed E-state index contributed by atoms with van der Waals surface area (Å²) in [6, 6.07) is 10.1. The zero-order valence-corrected chi connectivity index (χ0v) is 8.51. The first-order valence-electron chi connectivity index (χ1n) is 5.02. The van der Waals surface area contributed by atoms with Gasteiger partial charge in [-0.15, -0.1) is 0 Å². The van der Waals surface area contributed by atoms with Crippen LogP contribution in [0.25, 0.3) is 11.1 Å². The molecule has 4 heteroatoms. The van der Waals surface area contributed by atoms with Gasteiger partial charge in [-0.2, -0.15) is 4.98 Å². The number of anilines is 1. The van der Waals surface area contributed by atoms with Gasteiger partial charge in [-0.05, 0) is 18.2 Å². The quantitative estimate of drug-likeness (QED) is 0.728. The van der Waals surface area contributed by atoms with E-state index in [0.29, 0.717) is 12.6 Å². The second-order valence-electron chi connectivity index (χ2n) is 3.47. The lowest BCUT2D eigenvalue weighted by molar-refractivity contribution is 0.563. The number of para-hydroxylation sites is 2. The van der Waals surface area contributed by atoms with Gasteiger partial charge in [0.2, 0.25) is 0 Å². The summed E-state index contributed by atoms with van der Waals surface area (Å²) in [6.45, 7) is 0.642. The third-order valence-corrected chi connectivity index (χ3v) is 2.32. The fourth-order valence-corrected chi connectivity index (χ4v) is 1.52. The lowest BCUT2D eigenvalue weighted by Crippen LogP contribution is -1.97. The molecule has 1 N–H and O–H groups in total. The zero-order valence-electron chi connectivity index (χ0n) is 8.51. The number of furan rings is 1. The van der Waals surface area contributed by atoms with Crippen LogP contribution in [0.4, 0.5) is 6.01 Å². The Balaban J connectivity index is 1.79. The molecule has 2 aromatic heterocycles. The van der Waals surface area contributed by atoms with Crippen LogP contribution >= 0.6 is 0 Å². The van der Waals surface area contributed by atoms with Crippen LogP contribution < -0.4 is 5.32 Å². The zero-order chi connectivity index (χ0) is 10.8. The summed E-state index contributed by atoms with van der Waals surface area (Å²) in [5.41, 5.74) is 2.71. The lowest BCUT2D eigenvalue weighted by atomic mass is 10.3. The molecule has 1 aromatic carbocycles. The molecule has 0 fully saturated rings. The van der Waals surface area contributed by atoms with Gasteiger partial charge in [0, 0.05) is 12.1 Å². The topological polar surface area (TPSA) is 51.2 Å². The number of hydrogen-bond acceptors (Lipinski definition) is 4. The number of nitrogens with zero attached hydrogens (tertiary/aromatic N) is 1. The molecular weight excluding hydrogens is 204 g/mol. The van der Waals surface area contributed by atoms with Crippen LogP contribution in [0.15, 0.2) is 51.7 Å². The fourth-order valence-electron chi connectivity index (χ4n) is 1.52. The normalized spacial score (nSPS) is 10.8. The number of benzene rings is 1. The highest BCUT2D eigenvalue weighted by Crippen LogP contribution is 2.18. The third kappa shape index (κ3) is 1.65. The van der Waals surface area contributed by atoms with Crippen molar-refractivity contribution < 1.29 is 8.83 Å². The van der Waals surface area contributed by atoms with Crippen LogP contribution in [0.1, 0.15) is 5.56 Å². The molecule has 0 atom stereocenters. The van der Waals surface area contributed by atoms with E-state index in [1.165, 1.54) is 0 Å². The Kier molecular flexibility index (Phi) is 2.11. The maximum Gasteiger partial charge on any atom is 0.295 e. The largest absolute Gasteiger partial charge is 0.472 e. The minimum absolute atomic E-state index is 0.530. The highest BCUT2D eigenvalue weighted by Gasteiger charge is 2.04. The average Bonchev–Trinajstić information content (AvgIpc) is 2.95. The monoisotopic (exact) mass is 214 g/mol. The van der Waals surface area contributed by atoms with E-state index in [0.717, 1.165) is 16.7 Å². The van der Waals surface area contributed by atoms with E-state index < -0.39 is 0 Å². The van der Waals surface area contributed by atoms with Crippen molar-refractivity contribution in [3.63, 3.8) is 0 Å². The first-order valence-corrected chi connectivity index (χ1v) is 5.02. The molecule has 0 spiro atoms. The van der Waals surface area contributed by atoms with E-state index in [1.807, 2.05) is 30.3 Å². The predicted molar refractivity (Wildman–Crippen MR) is 60.0 cm³/mol. The van der Waals surface area contributed by atoms with Gasteiger partial charge in [0.1, 0.15) is 5.52 Å². The number of aromatic nitrogens is 1. The molecule has 16 heavy (non-hydrogen) atoms. The number of fused-ring (bicyclic) bond motifs is 1. The molecule has 0 amide bonds. The minimum atomic E-state index is 0.530. The van der Waals surface area contributed by atoms with Crippen LogP contribution in [-0.4, -0.2) is 4.98 Å². The number of rotatable bonds is 3. The van der Waals surface area contributed by atoms with Gasteiger partial charge in [-0.3, -0.25) is 0 Å². The molecule has 0 aliphatic rings. The van der Waals surface area contributed by atoms with Crippen molar-refractivity contribution in [3.05, 3.63) is 48.4 Å². The molecule has 0 radical (unpaired) electrons. The maximum atomic E-state index is 5.51. The van der Waals surface area contributed by atoms with Crippen molar-refractivity contribution in [3.8, 4) is 0 Å². The summed E-state index contributed by atoms with van der Waals surface area (Å²) >= 11 is 0. The summed E-state index contributed by atoms with van der Waals surface area (Å²) in [6.07, 6.45) is 3.33. The van der Waals surface area contributed by atoms with Crippen LogP contribution in [0.2, 0.25) is 0 Å². The van der Waals surface area contributed by atoms with Gasteiger partial charge in [0.25, 0.3) is 6.01 Å². The third-order valence-electron chi connectivity index (χ3n) is 2.32. The summed E-state index contributed by atoms with van der Waals surface area (Å²) in [4.78, 5) is 4.30. The maximum absolute atomic E-state index is 5.51. The lowest BCUT2D eigenvalue weighted by Gasteiger charge is -1.96. The SMILES string of the molecule is c1ccc2oc(NCc3ccoc3)nc2c1. The molecule has 80 valence electrons. The Morgan fingerprint density at radius 3 is 2.94 bits per heavy atom. The fraction of sp³-hybridized carbons (Fsp3) is 0.0833. The standard InChI is InChI=1S/C12H10N2O2/c1-2-4-11-10(3-1)14-12(16-11)13-7-9-5-6-15-8-9/h1-6,8H,7H2,(H,13,14). The first kappa shape index (κ1) is 9.03. The van der Waals surface area contributed by atoms with Crippen molar-refractivity contribution in [2.24, 2.45) is 0 Å². The van der Waals surface area contributed by atoms with E-state index in [-0.39, 0.29) is 0 Å². The molecule has 0 saturated heterocycles. The molecule has 3 aromatic rings. The van der Waals surface area contributed by atoms with Crippen LogP contribution in [0, 0.1) is 0 Å². The van der Waals surface area contributed by atoms with Crippen molar-refractivity contribution in [1.82, 2.24) is 4.98 Å². The van der Waals surface area contributed by atoms with Crippen molar-refractivity contribution in [2.75, 3.05) is 5.32 Å². The van der Waals surface area contributed by atoms with Gasteiger partial charge in [-0.25, -0.2) is 0 Å². The van der Waals surface area contributed by atoms with Crippen molar-refractivity contribution >= 4 is 17.1 Å². The Morgan fingerprint density at radius 2 is 2.12 bits per heavy atom.